The molecule has 5 nitrogen and oxygen atoms in total. The molecule has 2 aromatic carbocycles. The molecule has 28 heavy (non-hydrogen) atoms. The van der Waals surface area contributed by atoms with Crippen molar-refractivity contribution in [2.75, 3.05) is 5.32 Å². The standard InChI is InChI=1S/C22H19N3O2S/c1-13-3-6-16(9-14(13)2)18-11-28-22-20(18)21(23-12-24-22)25-17-7-4-15(5-8-17)10-19(26)27/h3-9,11-12H,10H2,1-2H3,(H,26,27)(H,23,24,25). The number of aryl methyl sites for hydroxylation is 2. The van der Waals surface area contributed by atoms with E-state index < -0.39 is 5.97 Å². The summed E-state index contributed by atoms with van der Waals surface area (Å²) in [5.74, 6) is -0.0972. The van der Waals surface area contributed by atoms with Crippen molar-refractivity contribution in [1.29, 1.82) is 0 Å². The Bertz CT molecular complexity index is 1170. The summed E-state index contributed by atoms with van der Waals surface area (Å²) in [4.78, 5) is 20.7. The van der Waals surface area contributed by atoms with Gasteiger partial charge in [-0.25, -0.2) is 9.97 Å². The summed E-state index contributed by atoms with van der Waals surface area (Å²) in [6.07, 6.45) is 1.57. The van der Waals surface area contributed by atoms with Gasteiger partial charge in [-0.1, -0.05) is 30.3 Å². The van der Waals surface area contributed by atoms with Crippen LogP contribution in [0.3, 0.4) is 0 Å². The summed E-state index contributed by atoms with van der Waals surface area (Å²) in [6.45, 7) is 4.22. The van der Waals surface area contributed by atoms with Gasteiger partial charge in [-0.05, 0) is 48.2 Å². The third-order valence-electron chi connectivity index (χ3n) is 4.76. The Kier molecular flexibility index (Phi) is 4.79. The summed E-state index contributed by atoms with van der Waals surface area (Å²) in [5, 5.41) is 15.4. The number of anilines is 2. The average Bonchev–Trinajstić information content (AvgIpc) is 3.10. The van der Waals surface area contributed by atoms with Crippen LogP contribution in [0.5, 0.6) is 0 Å². The molecule has 0 saturated heterocycles. The summed E-state index contributed by atoms with van der Waals surface area (Å²) in [5.41, 5.74) is 6.37. The van der Waals surface area contributed by atoms with Crippen molar-refractivity contribution in [2.24, 2.45) is 0 Å². The molecule has 0 amide bonds. The van der Waals surface area contributed by atoms with Gasteiger partial charge in [0, 0.05) is 16.6 Å². The first-order chi connectivity index (χ1) is 13.5. The summed E-state index contributed by atoms with van der Waals surface area (Å²) < 4.78 is 0. The molecule has 0 aliphatic rings. The third kappa shape index (κ3) is 3.59. The topological polar surface area (TPSA) is 75.1 Å². The summed E-state index contributed by atoms with van der Waals surface area (Å²) >= 11 is 1.60. The Balaban J connectivity index is 1.72. The van der Waals surface area contributed by atoms with Gasteiger partial charge in [0.15, 0.2) is 0 Å². The zero-order chi connectivity index (χ0) is 19.7. The number of fused-ring (bicyclic) bond motifs is 1. The Labute approximate surface area is 166 Å². The van der Waals surface area contributed by atoms with Gasteiger partial charge >= 0.3 is 5.97 Å². The van der Waals surface area contributed by atoms with Crippen molar-refractivity contribution in [2.45, 2.75) is 20.3 Å². The van der Waals surface area contributed by atoms with Crippen LogP contribution < -0.4 is 5.32 Å². The number of nitrogens with one attached hydrogen (secondary N) is 1. The van der Waals surface area contributed by atoms with Crippen molar-refractivity contribution < 1.29 is 9.90 Å². The molecule has 0 saturated carbocycles. The molecular formula is C22H19N3O2S. The second kappa shape index (κ2) is 7.40. The van der Waals surface area contributed by atoms with Crippen LogP contribution in [0.2, 0.25) is 0 Å². The van der Waals surface area contributed by atoms with Gasteiger partial charge in [-0.3, -0.25) is 4.79 Å². The predicted octanol–water partition coefficient (Wildman–Crippen LogP) is 5.35. The largest absolute Gasteiger partial charge is 0.481 e. The fraction of sp³-hybridized carbons (Fsp3) is 0.136. The SMILES string of the molecule is Cc1ccc(-c2csc3ncnc(Nc4ccc(CC(=O)O)cc4)c23)cc1C. The zero-order valence-electron chi connectivity index (χ0n) is 15.6. The van der Waals surface area contributed by atoms with Crippen LogP contribution in [-0.4, -0.2) is 21.0 Å². The number of carboxylic acid groups (broad SMARTS) is 1. The minimum atomic E-state index is -0.838. The van der Waals surface area contributed by atoms with Crippen LogP contribution in [0.1, 0.15) is 16.7 Å². The van der Waals surface area contributed by atoms with E-state index in [1.54, 1.807) is 17.7 Å². The van der Waals surface area contributed by atoms with E-state index in [-0.39, 0.29) is 6.42 Å². The Morgan fingerprint density at radius 3 is 2.57 bits per heavy atom. The molecule has 0 bridgehead atoms. The molecule has 4 aromatic rings. The molecule has 0 fully saturated rings. The summed E-state index contributed by atoms with van der Waals surface area (Å²) in [6, 6.07) is 13.8. The number of hydrogen-bond acceptors (Lipinski definition) is 5. The number of carboxylic acids is 1. The number of hydrogen-bond donors (Lipinski definition) is 2. The van der Waals surface area contributed by atoms with E-state index in [4.69, 9.17) is 5.11 Å². The van der Waals surface area contributed by atoms with Gasteiger partial charge in [-0.15, -0.1) is 11.3 Å². The molecule has 0 aliphatic carbocycles. The van der Waals surface area contributed by atoms with Gasteiger partial charge < -0.3 is 10.4 Å². The van der Waals surface area contributed by atoms with E-state index >= 15 is 0 Å². The van der Waals surface area contributed by atoms with Gasteiger partial charge in [0.05, 0.1) is 11.8 Å². The van der Waals surface area contributed by atoms with E-state index in [2.05, 4.69) is 52.7 Å². The highest BCUT2D eigenvalue weighted by Crippen LogP contribution is 2.37. The number of aliphatic carboxylic acids is 1. The second-order valence-electron chi connectivity index (χ2n) is 6.74. The molecule has 0 radical (unpaired) electrons. The van der Waals surface area contributed by atoms with Crippen LogP contribution in [0.25, 0.3) is 21.3 Å². The maximum absolute atomic E-state index is 10.8. The molecular weight excluding hydrogens is 370 g/mol. The molecule has 2 N–H and O–H groups in total. The van der Waals surface area contributed by atoms with Crippen LogP contribution in [0.4, 0.5) is 11.5 Å². The third-order valence-corrected chi connectivity index (χ3v) is 5.65. The van der Waals surface area contributed by atoms with Gasteiger partial charge in [0.1, 0.15) is 17.0 Å². The normalized spacial score (nSPS) is 10.9. The first kappa shape index (κ1) is 18.1. The van der Waals surface area contributed by atoms with Crippen LogP contribution in [-0.2, 0) is 11.2 Å². The monoisotopic (exact) mass is 389 g/mol. The quantitative estimate of drug-likeness (QED) is 0.481. The van der Waals surface area contributed by atoms with Crippen molar-refractivity contribution in [3.05, 3.63) is 70.9 Å². The number of aromatic nitrogens is 2. The lowest BCUT2D eigenvalue weighted by atomic mass is 10.0. The van der Waals surface area contributed by atoms with Crippen molar-refractivity contribution in [1.82, 2.24) is 9.97 Å². The number of carbonyl (C=O) groups is 1. The minimum Gasteiger partial charge on any atom is -0.481 e. The maximum atomic E-state index is 10.8. The van der Waals surface area contributed by atoms with E-state index in [1.165, 1.54) is 11.1 Å². The Morgan fingerprint density at radius 1 is 1.07 bits per heavy atom. The highest BCUT2D eigenvalue weighted by molar-refractivity contribution is 7.17. The lowest BCUT2D eigenvalue weighted by molar-refractivity contribution is -0.136. The molecule has 0 spiro atoms. The van der Waals surface area contributed by atoms with Crippen LogP contribution >= 0.6 is 11.3 Å². The highest BCUT2D eigenvalue weighted by atomic mass is 32.1. The highest BCUT2D eigenvalue weighted by Gasteiger charge is 2.14. The molecule has 4 rings (SSSR count). The Morgan fingerprint density at radius 2 is 1.86 bits per heavy atom. The lowest BCUT2D eigenvalue weighted by Gasteiger charge is -2.10. The number of nitrogens with zero attached hydrogens (tertiary/aromatic N) is 2. The molecule has 0 unspecified atom stereocenters. The van der Waals surface area contributed by atoms with E-state index in [0.717, 1.165) is 38.4 Å². The fourth-order valence-corrected chi connectivity index (χ4v) is 4.02. The maximum Gasteiger partial charge on any atom is 0.307 e. The van der Waals surface area contributed by atoms with Crippen molar-refractivity contribution in [3.63, 3.8) is 0 Å². The molecule has 140 valence electrons. The van der Waals surface area contributed by atoms with Crippen LogP contribution in [0, 0.1) is 13.8 Å². The van der Waals surface area contributed by atoms with Gasteiger partial charge in [-0.2, -0.15) is 0 Å². The van der Waals surface area contributed by atoms with Gasteiger partial charge in [0.25, 0.3) is 0 Å². The van der Waals surface area contributed by atoms with Crippen molar-refractivity contribution >= 4 is 39.0 Å². The first-order valence-corrected chi connectivity index (χ1v) is 9.77. The van der Waals surface area contributed by atoms with E-state index in [0.29, 0.717) is 0 Å². The molecule has 6 heteroatoms. The minimum absolute atomic E-state index is 0.0134. The van der Waals surface area contributed by atoms with Gasteiger partial charge in [0.2, 0.25) is 0 Å². The number of benzene rings is 2. The summed E-state index contributed by atoms with van der Waals surface area (Å²) in [7, 11) is 0. The van der Waals surface area contributed by atoms with E-state index in [9.17, 15) is 4.79 Å². The second-order valence-corrected chi connectivity index (χ2v) is 7.60. The zero-order valence-corrected chi connectivity index (χ0v) is 16.4. The lowest BCUT2D eigenvalue weighted by Crippen LogP contribution is -2.00. The first-order valence-electron chi connectivity index (χ1n) is 8.89. The molecule has 2 aromatic heterocycles. The Hall–Kier alpha value is -3.25. The number of thiophene rings is 1. The molecule has 2 heterocycles. The smallest absolute Gasteiger partial charge is 0.307 e. The van der Waals surface area contributed by atoms with E-state index in [1.807, 2.05) is 24.3 Å². The molecule has 0 atom stereocenters. The fourth-order valence-electron chi connectivity index (χ4n) is 3.11. The van der Waals surface area contributed by atoms with Crippen LogP contribution in [0.15, 0.2) is 54.2 Å². The predicted molar refractivity (Wildman–Crippen MR) is 113 cm³/mol. The number of rotatable bonds is 5. The average molecular weight is 389 g/mol. The molecule has 0 aliphatic heterocycles. The van der Waals surface area contributed by atoms with Crippen molar-refractivity contribution in [3.8, 4) is 11.1 Å².